The van der Waals surface area contributed by atoms with Crippen LogP contribution in [0.25, 0.3) is 0 Å². The second-order valence-corrected chi connectivity index (χ2v) is 5.15. The summed E-state index contributed by atoms with van der Waals surface area (Å²) in [7, 11) is 0. The quantitative estimate of drug-likeness (QED) is 0.844. The number of nitrogens with one attached hydrogen (secondary N) is 1. The molecule has 0 saturated carbocycles. The van der Waals surface area contributed by atoms with Crippen LogP contribution in [0.15, 0.2) is 24.3 Å². The highest BCUT2D eigenvalue weighted by atomic mass is 32.1. The molecule has 0 radical (unpaired) electrons. The van der Waals surface area contributed by atoms with Crippen LogP contribution >= 0.6 is 12.2 Å². The molecular weight excluding hydrogens is 272 g/mol. The standard InChI is InChI=1S/C15H22N2O2S/c1-3-9-16-15(20)17(4-2)10-12-11-18-13-7-5-6-8-14(13)19-12/h5-8,12H,3-4,9-11H2,1-2H3,(H,16,20). The lowest BCUT2D eigenvalue weighted by molar-refractivity contribution is 0.0748. The van der Waals surface area contributed by atoms with Crippen molar-refractivity contribution in [1.82, 2.24) is 10.2 Å². The Labute approximate surface area is 126 Å². The zero-order chi connectivity index (χ0) is 14.4. The van der Waals surface area contributed by atoms with Crippen LogP contribution in [0.2, 0.25) is 0 Å². The lowest BCUT2D eigenvalue weighted by atomic mass is 10.2. The Bertz CT molecular complexity index is 453. The summed E-state index contributed by atoms with van der Waals surface area (Å²) in [5.41, 5.74) is 0. The summed E-state index contributed by atoms with van der Waals surface area (Å²) in [6.07, 6.45) is 1.07. The number of nitrogens with zero attached hydrogens (tertiary/aromatic N) is 1. The zero-order valence-electron chi connectivity index (χ0n) is 12.1. The monoisotopic (exact) mass is 294 g/mol. The third-order valence-electron chi connectivity index (χ3n) is 3.19. The Balaban J connectivity index is 1.91. The van der Waals surface area contributed by atoms with Gasteiger partial charge >= 0.3 is 0 Å². The summed E-state index contributed by atoms with van der Waals surface area (Å²) in [5, 5.41) is 4.04. The lowest BCUT2D eigenvalue weighted by Gasteiger charge is -2.32. The normalized spacial score (nSPS) is 16.6. The Morgan fingerprint density at radius 2 is 2.10 bits per heavy atom. The SMILES string of the molecule is CCCNC(=S)N(CC)CC1COc2ccccc2O1. The van der Waals surface area contributed by atoms with E-state index < -0.39 is 0 Å². The molecule has 2 rings (SSSR count). The second kappa shape index (κ2) is 7.33. The molecule has 1 atom stereocenters. The minimum Gasteiger partial charge on any atom is -0.486 e. The predicted molar refractivity (Wildman–Crippen MR) is 84.5 cm³/mol. The summed E-state index contributed by atoms with van der Waals surface area (Å²) in [6.45, 7) is 7.28. The Morgan fingerprint density at radius 3 is 2.80 bits per heavy atom. The Morgan fingerprint density at radius 1 is 1.35 bits per heavy atom. The second-order valence-electron chi connectivity index (χ2n) is 4.77. The Hall–Kier alpha value is -1.49. The van der Waals surface area contributed by atoms with Crippen LogP contribution in [0.1, 0.15) is 20.3 Å². The average molecular weight is 294 g/mol. The van der Waals surface area contributed by atoms with Gasteiger partial charge in [-0.05, 0) is 37.7 Å². The van der Waals surface area contributed by atoms with Crippen molar-refractivity contribution >= 4 is 17.3 Å². The minimum absolute atomic E-state index is 0.00577. The van der Waals surface area contributed by atoms with E-state index in [0.717, 1.165) is 42.7 Å². The summed E-state index contributed by atoms with van der Waals surface area (Å²) in [5.74, 6) is 1.63. The number of hydrogen-bond donors (Lipinski definition) is 1. The number of fused-ring (bicyclic) bond motifs is 1. The zero-order valence-corrected chi connectivity index (χ0v) is 12.9. The molecule has 1 heterocycles. The molecule has 0 spiro atoms. The van der Waals surface area contributed by atoms with Crippen molar-refractivity contribution in [2.24, 2.45) is 0 Å². The molecule has 1 N–H and O–H groups in total. The maximum Gasteiger partial charge on any atom is 0.169 e. The summed E-state index contributed by atoms with van der Waals surface area (Å²) in [4.78, 5) is 2.12. The van der Waals surface area contributed by atoms with Gasteiger partial charge in [0.15, 0.2) is 22.7 Å². The molecule has 20 heavy (non-hydrogen) atoms. The highest BCUT2D eigenvalue weighted by molar-refractivity contribution is 7.80. The van der Waals surface area contributed by atoms with Gasteiger partial charge in [-0.25, -0.2) is 0 Å². The lowest BCUT2D eigenvalue weighted by Crippen LogP contribution is -2.47. The molecule has 1 aliphatic heterocycles. The van der Waals surface area contributed by atoms with Crippen molar-refractivity contribution in [1.29, 1.82) is 0 Å². The van der Waals surface area contributed by atoms with Gasteiger partial charge in [-0.3, -0.25) is 0 Å². The third-order valence-corrected chi connectivity index (χ3v) is 3.59. The largest absolute Gasteiger partial charge is 0.486 e. The fraction of sp³-hybridized carbons (Fsp3) is 0.533. The fourth-order valence-electron chi connectivity index (χ4n) is 2.10. The van der Waals surface area contributed by atoms with Crippen molar-refractivity contribution in [3.05, 3.63) is 24.3 Å². The topological polar surface area (TPSA) is 33.7 Å². The van der Waals surface area contributed by atoms with Crippen LogP contribution in [0.3, 0.4) is 0 Å². The fourth-order valence-corrected chi connectivity index (χ4v) is 2.40. The molecular formula is C15H22N2O2S. The van der Waals surface area contributed by atoms with E-state index >= 15 is 0 Å². The Kier molecular flexibility index (Phi) is 5.47. The molecule has 1 aromatic carbocycles. The van der Waals surface area contributed by atoms with Gasteiger partial charge in [0.25, 0.3) is 0 Å². The van der Waals surface area contributed by atoms with Crippen LogP contribution < -0.4 is 14.8 Å². The number of rotatable bonds is 5. The maximum absolute atomic E-state index is 5.96. The molecule has 1 unspecified atom stereocenters. The minimum atomic E-state index is 0.00577. The van der Waals surface area contributed by atoms with Gasteiger partial charge in [0.1, 0.15) is 6.61 Å². The van der Waals surface area contributed by atoms with Gasteiger partial charge in [-0.15, -0.1) is 0 Å². The number of para-hydroxylation sites is 2. The van der Waals surface area contributed by atoms with E-state index in [-0.39, 0.29) is 6.10 Å². The molecule has 0 aliphatic carbocycles. The first-order valence-corrected chi connectivity index (χ1v) is 7.56. The van der Waals surface area contributed by atoms with E-state index in [1.165, 1.54) is 0 Å². The van der Waals surface area contributed by atoms with E-state index in [0.29, 0.717) is 6.61 Å². The van der Waals surface area contributed by atoms with Crippen LogP contribution in [0.4, 0.5) is 0 Å². The molecule has 0 saturated heterocycles. The third kappa shape index (κ3) is 3.76. The molecule has 0 amide bonds. The molecule has 110 valence electrons. The van der Waals surface area contributed by atoms with Crippen molar-refractivity contribution in [3.8, 4) is 11.5 Å². The van der Waals surface area contributed by atoms with Crippen LogP contribution in [-0.4, -0.2) is 42.4 Å². The van der Waals surface area contributed by atoms with Gasteiger partial charge in [0.05, 0.1) is 6.54 Å². The molecule has 0 bridgehead atoms. The van der Waals surface area contributed by atoms with Crippen LogP contribution in [0, 0.1) is 0 Å². The van der Waals surface area contributed by atoms with Crippen molar-refractivity contribution in [3.63, 3.8) is 0 Å². The van der Waals surface area contributed by atoms with Crippen LogP contribution in [-0.2, 0) is 0 Å². The van der Waals surface area contributed by atoms with Crippen molar-refractivity contribution in [2.75, 3.05) is 26.2 Å². The smallest absolute Gasteiger partial charge is 0.169 e. The van der Waals surface area contributed by atoms with E-state index in [1.807, 2.05) is 24.3 Å². The summed E-state index contributed by atoms with van der Waals surface area (Å²) in [6, 6.07) is 7.77. The average Bonchev–Trinajstić information content (AvgIpc) is 2.50. The summed E-state index contributed by atoms with van der Waals surface area (Å²) >= 11 is 5.40. The summed E-state index contributed by atoms with van der Waals surface area (Å²) < 4.78 is 11.7. The molecule has 1 aliphatic rings. The van der Waals surface area contributed by atoms with Gasteiger partial charge in [0.2, 0.25) is 0 Å². The van der Waals surface area contributed by atoms with Gasteiger partial charge in [0, 0.05) is 13.1 Å². The predicted octanol–water partition coefficient (Wildman–Crippen LogP) is 2.43. The number of hydrogen-bond acceptors (Lipinski definition) is 3. The highest BCUT2D eigenvalue weighted by Gasteiger charge is 2.23. The first-order valence-electron chi connectivity index (χ1n) is 7.15. The van der Waals surface area contributed by atoms with Gasteiger partial charge in [-0.2, -0.15) is 0 Å². The number of ether oxygens (including phenoxy) is 2. The van der Waals surface area contributed by atoms with E-state index in [2.05, 4.69) is 24.1 Å². The van der Waals surface area contributed by atoms with E-state index in [9.17, 15) is 0 Å². The number of likely N-dealkylation sites (N-methyl/N-ethyl adjacent to an activating group) is 1. The molecule has 0 fully saturated rings. The first-order chi connectivity index (χ1) is 9.74. The molecule has 4 nitrogen and oxygen atoms in total. The van der Waals surface area contributed by atoms with E-state index in [1.54, 1.807) is 0 Å². The molecule has 1 aromatic rings. The van der Waals surface area contributed by atoms with Crippen molar-refractivity contribution in [2.45, 2.75) is 26.4 Å². The first kappa shape index (κ1) is 14.9. The maximum atomic E-state index is 5.96. The van der Waals surface area contributed by atoms with Gasteiger partial charge < -0.3 is 19.7 Å². The van der Waals surface area contributed by atoms with Gasteiger partial charge in [-0.1, -0.05) is 19.1 Å². The number of thiocarbonyl (C=S) groups is 1. The van der Waals surface area contributed by atoms with Crippen LogP contribution in [0.5, 0.6) is 11.5 Å². The van der Waals surface area contributed by atoms with Crippen molar-refractivity contribution < 1.29 is 9.47 Å². The van der Waals surface area contributed by atoms with E-state index in [4.69, 9.17) is 21.7 Å². The highest BCUT2D eigenvalue weighted by Crippen LogP contribution is 2.30. The molecule has 5 heteroatoms. The molecule has 0 aromatic heterocycles. The number of benzene rings is 1.